The smallest absolute Gasteiger partial charge is 0.264 e. The van der Waals surface area contributed by atoms with Crippen molar-refractivity contribution in [3.8, 4) is 6.07 Å². The highest BCUT2D eigenvalue weighted by atomic mass is 35.5. The largest absolute Gasteiger partial charge is 0.381 e. The molecule has 2 fully saturated rings. The average Bonchev–Trinajstić information content (AvgIpc) is 3.14. The number of nitriles is 1. The number of hydrogen-bond acceptors (Lipinski definition) is 6. The van der Waals surface area contributed by atoms with Gasteiger partial charge in [0.05, 0.1) is 22.3 Å². The average molecular weight is 456 g/mol. The molecule has 4 rings (SSSR count). The molecule has 0 bridgehead atoms. The van der Waals surface area contributed by atoms with Crippen molar-refractivity contribution in [1.29, 1.82) is 5.26 Å². The number of likely N-dealkylation sites (tertiary alicyclic amines) is 1. The fraction of sp³-hybridized carbons (Fsp3) is 0.409. The van der Waals surface area contributed by atoms with Crippen molar-refractivity contribution in [1.82, 2.24) is 20.4 Å². The van der Waals surface area contributed by atoms with E-state index in [9.17, 15) is 14.4 Å². The Labute approximate surface area is 189 Å². The van der Waals surface area contributed by atoms with Gasteiger partial charge in [-0.25, -0.2) is 5.10 Å². The van der Waals surface area contributed by atoms with Crippen LogP contribution in [0.25, 0.3) is 0 Å². The normalized spacial score (nSPS) is 19.5. The highest BCUT2D eigenvalue weighted by Gasteiger charge is 2.46. The van der Waals surface area contributed by atoms with E-state index in [1.165, 1.54) is 24.4 Å². The zero-order chi connectivity index (χ0) is 22.7. The van der Waals surface area contributed by atoms with E-state index in [-0.39, 0.29) is 34.5 Å². The minimum Gasteiger partial charge on any atom is -0.381 e. The SMILES string of the molecule is N#Cc1ccc(C(=O)N2CC3(CCOCC3)CC2CNC(=O)c2cn[nH]c(=O)c2)cc1Cl. The van der Waals surface area contributed by atoms with Crippen molar-refractivity contribution in [2.45, 2.75) is 25.3 Å². The first kappa shape index (κ1) is 22.0. The first-order valence-corrected chi connectivity index (χ1v) is 10.7. The maximum Gasteiger partial charge on any atom is 0.264 e. The number of amides is 2. The number of aromatic nitrogens is 2. The van der Waals surface area contributed by atoms with Crippen molar-refractivity contribution >= 4 is 23.4 Å². The lowest BCUT2D eigenvalue weighted by Gasteiger charge is -2.33. The van der Waals surface area contributed by atoms with E-state index in [0.717, 1.165) is 19.3 Å². The molecule has 2 aromatic rings. The van der Waals surface area contributed by atoms with Gasteiger partial charge in [0.25, 0.3) is 17.4 Å². The summed E-state index contributed by atoms with van der Waals surface area (Å²) in [4.78, 5) is 39.1. The Morgan fingerprint density at radius 2 is 2.09 bits per heavy atom. The van der Waals surface area contributed by atoms with Crippen LogP contribution in [0, 0.1) is 16.7 Å². The molecule has 2 amide bonds. The summed E-state index contributed by atoms with van der Waals surface area (Å²) in [7, 11) is 0. The third kappa shape index (κ3) is 4.52. The van der Waals surface area contributed by atoms with Gasteiger partial charge >= 0.3 is 0 Å². The molecule has 0 aliphatic carbocycles. The van der Waals surface area contributed by atoms with E-state index in [1.54, 1.807) is 11.0 Å². The molecule has 166 valence electrons. The Balaban J connectivity index is 1.54. The number of rotatable bonds is 4. The number of H-pyrrole nitrogens is 1. The number of hydrogen-bond donors (Lipinski definition) is 2. The highest BCUT2D eigenvalue weighted by Crippen LogP contribution is 2.43. The fourth-order valence-electron chi connectivity index (χ4n) is 4.47. The monoisotopic (exact) mass is 455 g/mol. The molecule has 2 N–H and O–H groups in total. The Bertz CT molecular complexity index is 1140. The quantitative estimate of drug-likeness (QED) is 0.722. The van der Waals surface area contributed by atoms with Gasteiger partial charge in [0.2, 0.25) is 0 Å². The predicted molar refractivity (Wildman–Crippen MR) is 115 cm³/mol. The van der Waals surface area contributed by atoms with E-state index in [1.807, 2.05) is 6.07 Å². The Morgan fingerprint density at radius 1 is 1.31 bits per heavy atom. The van der Waals surface area contributed by atoms with E-state index >= 15 is 0 Å². The van der Waals surface area contributed by atoms with Crippen LogP contribution in [0.5, 0.6) is 0 Å². The minimum atomic E-state index is -0.464. The molecule has 1 spiro atoms. The summed E-state index contributed by atoms with van der Waals surface area (Å²) in [5.74, 6) is -0.623. The van der Waals surface area contributed by atoms with Crippen molar-refractivity contribution in [2.75, 3.05) is 26.3 Å². The van der Waals surface area contributed by atoms with Gasteiger partial charge in [0, 0.05) is 44.0 Å². The van der Waals surface area contributed by atoms with Gasteiger partial charge in [-0.3, -0.25) is 14.4 Å². The number of ether oxygens (including phenoxy) is 1. The topological polar surface area (TPSA) is 128 Å². The maximum absolute atomic E-state index is 13.4. The lowest BCUT2D eigenvalue weighted by atomic mass is 9.78. The summed E-state index contributed by atoms with van der Waals surface area (Å²) in [6.45, 7) is 2.08. The third-order valence-corrected chi connectivity index (χ3v) is 6.50. The number of aromatic amines is 1. The van der Waals surface area contributed by atoms with Crippen LogP contribution in [0.3, 0.4) is 0 Å². The molecule has 2 aliphatic heterocycles. The summed E-state index contributed by atoms with van der Waals surface area (Å²) in [5, 5.41) is 18.0. The van der Waals surface area contributed by atoms with Gasteiger partial charge in [0.1, 0.15) is 6.07 Å². The number of carbonyl (C=O) groups is 2. The van der Waals surface area contributed by atoms with E-state index < -0.39 is 11.5 Å². The van der Waals surface area contributed by atoms with Crippen LogP contribution in [0.2, 0.25) is 5.02 Å². The van der Waals surface area contributed by atoms with Crippen LogP contribution >= 0.6 is 11.6 Å². The molecule has 2 aliphatic rings. The number of nitrogens with one attached hydrogen (secondary N) is 2. The third-order valence-electron chi connectivity index (χ3n) is 6.19. The van der Waals surface area contributed by atoms with Crippen LogP contribution in [-0.4, -0.2) is 59.3 Å². The van der Waals surface area contributed by atoms with Crippen LogP contribution in [0.1, 0.15) is 45.5 Å². The molecule has 32 heavy (non-hydrogen) atoms. The van der Waals surface area contributed by atoms with Crippen LogP contribution in [-0.2, 0) is 4.74 Å². The van der Waals surface area contributed by atoms with Crippen molar-refractivity contribution < 1.29 is 14.3 Å². The summed E-state index contributed by atoms with van der Waals surface area (Å²) in [6.07, 6.45) is 3.70. The van der Waals surface area contributed by atoms with Gasteiger partial charge < -0.3 is 15.0 Å². The maximum atomic E-state index is 13.4. The van der Waals surface area contributed by atoms with E-state index in [2.05, 4.69) is 15.5 Å². The molecule has 2 saturated heterocycles. The number of benzene rings is 1. The first-order chi connectivity index (χ1) is 15.4. The van der Waals surface area contributed by atoms with Crippen molar-refractivity contribution in [3.63, 3.8) is 0 Å². The highest BCUT2D eigenvalue weighted by molar-refractivity contribution is 6.32. The zero-order valence-electron chi connectivity index (χ0n) is 17.3. The standard InChI is InChI=1S/C22H22ClN5O4/c23-18-7-14(1-2-15(18)10-24)21(31)28-13-22(3-5-32-6-4-22)9-17(28)12-25-20(30)16-8-19(29)27-26-11-16/h1-2,7-8,11,17H,3-6,9,12-13H2,(H,25,30)(H,27,29). The van der Waals surface area contributed by atoms with Gasteiger partial charge in [-0.15, -0.1) is 0 Å². The lowest BCUT2D eigenvalue weighted by molar-refractivity contribution is 0.0190. The number of carbonyl (C=O) groups excluding carboxylic acids is 2. The van der Waals surface area contributed by atoms with Crippen molar-refractivity contribution in [3.05, 3.63) is 62.5 Å². The summed E-state index contributed by atoms with van der Waals surface area (Å²) < 4.78 is 5.52. The second-order valence-electron chi connectivity index (χ2n) is 8.25. The minimum absolute atomic E-state index is 0.0643. The molecule has 9 nitrogen and oxygen atoms in total. The molecule has 3 heterocycles. The fourth-order valence-corrected chi connectivity index (χ4v) is 4.69. The second kappa shape index (κ2) is 9.10. The van der Waals surface area contributed by atoms with Crippen LogP contribution < -0.4 is 10.9 Å². The second-order valence-corrected chi connectivity index (χ2v) is 8.66. The van der Waals surface area contributed by atoms with Gasteiger partial charge in [0.15, 0.2) is 0 Å². The summed E-state index contributed by atoms with van der Waals surface area (Å²) in [5.41, 5.74) is 0.331. The zero-order valence-corrected chi connectivity index (χ0v) is 18.0. The molecule has 0 radical (unpaired) electrons. The first-order valence-electron chi connectivity index (χ1n) is 10.3. The molecule has 1 unspecified atom stereocenters. The molecule has 10 heteroatoms. The molecular formula is C22H22ClN5O4. The van der Waals surface area contributed by atoms with Gasteiger partial charge in [-0.2, -0.15) is 10.4 Å². The van der Waals surface area contributed by atoms with Crippen molar-refractivity contribution in [2.24, 2.45) is 5.41 Å². The Morgan fingerprint density at radius 3 is 2.78 bits per heavy atom. The molecule has 1 atom stereocenters. The molecule has 1 aromatic heterocycles. The van der Waals surface area contributed by atoms with Gasteiger partial charge in [-0.05, 0) is 42.9 Å². The number of nitrogens with zero attached hydrogens (tertiary/aromatic N) is 3. The lowest BCUT2D eigenvalue weighted by Crippen LogP contribution is -2.43. The van der Waals surface area contributed by atoms with Gasteiger partial charge in [-0.1, -0.05) is 11.6 Å². The summed E-state index contributed by atoms with van der Waals surface area (Å²) in [6, 6.07) is 7.58. The molecule has 1 aromatic carbocycles. The Hall–Kier alpha value is -3.22. The predicted octanol–water partition coefficient (Wildman–Crippen LogP) is 1.74. The molecule has 0 saturated carbocycles. The summed E-state index contributed by atoms with van der Waals surface area (Å²) >= 11 is 6.14. The molecular weight excluding hydrogens is 434 g/mol. The number of halogens is 1. The Kier molecular flexibility index (Phi) is 6.26. The van der Waals surface area contributed by atoms with E-state index in [0.29, 0.717) is 30.9 Å². The van der Waals surface area contributed by atoms with E-state index in [4.69, 9.17) is 21.6 Å². The van der Waals surface area contributed by atoms with Crippen LogP contribution in [0.4, 0.5) is 0 Å². The van der Waals surface area contributed by atoms with Crippen LogP contribution in [0.15, 0.2) is 35.3 Å².